The number of esters is 1. The number of rotatable bonds is 9. The van der Waals surface area contributed by atoms with Crippen LogP contribution in [0.25, 0.3) is 0 Å². The van der Waals surface area contributed by atoms with Gasteiger partial charge in [0.05, 0.1) is 5.41 Å². The van der Waals surface area contributed by atoms with Gasteiger partial charge in [0.15, 0.2) is 0 Å². The monoisotopic (exact) mass is 333 g/mol. The zero-order valence-electron chi connectivity index (χ0n) is 15.0. The summed E-state index contributed by atoms with van der Waals surface area (Å²) in [5.74, 6) is 0.571. The first-order valence-corrected chi connectivity index (χ1v) is 9.04. The normalized spacial score (nSPS) is 17.4. The highest BCUT2D eigenvalue weighted by Crippen LogP contribution is 2.46. The van der Waals surface area contributed by atoms with Crippen molar-refractivity contribution in [2.45, 2.75) is 72.6 Å². The number of hydrogen-bond donors (Lipinski definition) is 0. The van der Waals surface area contributed by atoms with Crippen LogP contribution >= 0.6 is 12.4 Å². The second-order valence-corrected chi connectivity index (χ2v) is 6.39. The van der Waals surface area contributed by atoms with Crippen LogP contribution in [0.5, 0.6) is 0 Å². The molecule has 22 heavy (non-hydrogen) atoms. The van der Waals surface area contributed by atoms with Crippen molar-refractivity contribution in [3.05, 3.63) is 0 Å². The zero-order chi connectivity index (χ0) is 15.7. The number of nitrogens with zero attached hydrogens (tertiary/aromatic N) is 1. The van der Waals surface area contributed by atoms with Crippen LogP contribution in [0.3, 0.4) is 0 Å². The summed E-state index contributed by atoms with van der Waals surface area (Å²) >= 11 is 0. The van der Waals surface area contributed by atoms with Gasteiger partial charge in [0.2, 0.25) is 0 Å². The van der Waals surface area contributed by atoms with Crippen LogP contribution in [0.2, 0.25) is 0 Å². The third-order valence-corrected chi connectivity index (χ3v) is 5.45. The number of halogens is 1. The van der Waals surface area contributed by atoms with Gasteiger partial charge in [0.1, 0.15) is 6.61 Å². The van der Waals surface area contributed by atoms with Gasteiger partial charge in [0, 0.05) is 6.54 Å². The first kappa shape index (κ1) is 21.7. The Labute approximate surface area is 143 Å². The van der Waals surface area contributed by atoms with Crippen LogP contribution in [-0.2, 0) is 9.53 Å². The number of carbonyl (C=O) groups is 1. The topological polar surface area (TPSA) is 29.5 Å². The molecule has 0 unspecified atom stereocenters. The van der Waals surface area contributed by atoms with Crippen molar-refractivity contribution in [3.63, 3.8) is 0 Å². The summed E-state index contributed by atoms with van der Waals surface area (Å²) in [4.78, 5) is 15.1. The highest BCUT2D eigenvalue weighted by molar-refractivity contribution is 5.85. The lowest BCUT2D eigenvalue weighted by Crippen LogP contribution is -2.42. The molecule has 1 aliphatic rings. The number of hydrogen-bond acceptors (Lipinski definition) is 3. The van der Waals surface area contributed by atoms with Gasteiger partial charge in [-0.15, -0.1) is 12.4 Å². The lowest BCUT2D eigenvalue weighted by Gasteiger charge is -2.41. The van der Waals surface area contributed by atoms with Crippen LogP contribution in [-0.4, -0.2) is 37.1 Å². The Bertz CT molecular complexity index is 295. The van der Waals surface area contributed by atoms with E-state index >= 15 is 0 Å². The third kappa shape index (κ3) is 5.42. The molecule has 0 amide bonds. The molecule has 1 saturated carbocycles. The molecule has 1 fully saturated rings. The van der Waals surface area contributed by atoms with E-state index in [9.17, 15) is 4.79 Å². The molecule has 1 aliphatic carbocycles. The Balaban J connectivity index is 0.00000441. The highest BCUT2D eigenvalue weighted by atomic mass is 35.5. The van der Waals surface area contributed by atoms with Gasteiger partial charge < -0.3 is 9.64 Å². The predicted octanol–water partition coefficient (Wildman–Crippen LogP) is 4.68. The predicted molar refractivity (Wildman–Crippen MR) is 95.6 cm³/mol. The van der Waals surface area contributed by atoms with Gasteiger partial charge >= 0.3 is 5.97 Å². The van der Waals surface area contributed by atoms with Crippen molar-refractivity contribution >= 4 is 18.4 Å². The fourth-order valence-electron chi connectivity index (χ4n) is 3.98. The van der Waals surface area contributed by atoms with Crippen molar-refractivity contribution in [1.29, 1.82) is 0 Å². The molecule has 0 atom stereocenters. The number of likely N-dealkylation sites (N-methyl/N-ethyl adjacent to an activating group) is 1. The lowest BCUT2D eigenvalue weighted by molar-refractivity contribution is -0.163. The molecule has 0 heterocycles. The fraction of sp³-hybridized carbons (Fsp3) is 0.944. The highest BCUT2D eigenvalue weighted by Gasteiger charge is 2.45. The smallest absolute Gasteiger partial charge is 0.312 e. The molecule has 3 nitrogen and oxygen atoms in total. The molecule has 0 spiro atoms. The van der Waals surface area contributed by atoms with Crippen molar-refractivity contribution < 1.29 is 9.53 Å². The van der Waals surface area contributed by atoms with Gasteiger partial charge in [-0.1, -0.05) is 59.8 Å². The standard InChI is InChI=1S/C18H35NO2.ClH/c1-5-16(6-2)18(12-10-9-11-13-18)17(20)21-15-14-19(7-3)8-4;/h16H,5-15H2,1-4H3;1H. The summed E-state index contributed by atoms with van der Waals surface area (Å²) < 4.78 is 5.72. The Hall–Kier alpha value is -0.280. The van der Waals surface area contributed by atoms with E-state index in [-0.39, 0.29) is 23.8 Å². The van der Waals surface area contributed by atoms with E-state index in [0.717, 1.165) is 45.3 Å². The largest absolute Gasteiger partial charge is 0.464 e. The third-order valence-electron chi connectivity index (χ3n) is 5.45. The van der Waals surface area contributed by atoms with Crippen LogP contribution in [0.15, 0.2) is 0 Å². The minimum Gasteiger partial charge on any atom is -0.464 e. The Morgan fingerprint density at radius 1 is 1.05 bits per heavy atom. The summed E-state index contributed by atoms with van der Waals surface area (Å²) in [5.41, 5.74) is -0.189. The quantitative estimate of drug-likeness (QED) is 0.574. The van der Waals surface area contributed by atoms with Crippen molar-refractivity contribution in [3.8, 4) is 0 Å². The van der Waals surface area contributed by atoms with Crippen LogP contribution < -0.4 is 0 Å². The fourth-order valence-corrected chi connectivity index (χ4v) is 3.98. The van der Waals surface area contributed by atoms with Crippen molar-refractivity contribution in [2.24, 2.45) is 11.3 Å². The molecule has 0 aromatic carbocycles. The van der Waals surface area contributed by atoms with Gasteiger partial charge in [-0.2, -0.15) is 0 Å². The summed E-state index contributed by atoms with van der Waals surface area (Å²) in [6.45, 7) is 12.2. The van der Waals surface area contributed by atoms with E-state index in [1.165, 1.54) is 19.3 Å². The van der Waals surface area contributed by atoms with E-state index in [0.29, 0.717) is 12.5 Å². The summed E-state index contributed by atoms with van der Waals surface area (Å²) in [5, 5.41) is 0. The summed E-state index contributed by atoms with van der Waals surface area (Å²) in [6.07, 6.45) is 7.87. The zero-order valence-corrected chi connectivity index (χ0v) is 15.8. The van der Waals surface area contributed by atoms with Gasteiger partial charge in [-0.05, 0) is 31.8 Å². The van der Waals surface area contributed by atoms with Crippen molar-refractivity contribution in [1.82, 2.24) is 4.90 Å². The minimum atomic E-state index is -0.189. The molecule has 0 saturated heterocycles. The second-order valence-electron chi connectivity index (χ2n) is 6.39. The number of ether oxygens (including phenoxy) is 1. The molecule has 4 heteroatoms. The molecular weight excluding hydrogens is 298 g/mol. The van der Waals surface area contributed by atoms with E-state index in [1.54, 1.807) is 0 Å². The first-order valence-electron chi connectivity index (χ1n) is 9.04. The minimum absolute atomic E-state index is 0. The maximum absolute atomic E-state index is 12.8. The van der Waals surface area contributed by atoms with Crippen LogP contribution in [0.1, 0.15) is 72.6 Å². The molecule has 1 rings (SSSR count). The molecule has 0 bridgehead atoms. The first-order chi connectivity index (χ1) is 10.1. The Kier molecular flexibility index (Phi) is 11.1. The van der Waals surface area contributed by atoms with E-state index < -0.39 is 0 Å². The van der Waals surface area contributed by atoms with Crippen LogP contribution in [0, 0.1) is 11.3 Å². The van der Waals surface area contributed by atoms with Crippen LogP contribution in [0.4, 0.5) is 0 Å². The Morgan fingerprint density at radius 3 is 2.05 bits per heavy atom. The van der Waals surface area contributed by atoms with Gasteiger partial charge in [-0.3, -0.25) is 4.79 Å². The maximum Gasteiger partial charge on any atom is 0.312 e. The second kappa shape index (κ2) is 11.3. The Morgan fingerprint density at radius 2 is 1.59 bits per heavy atom. The molecule has 132 valence electrons. The summed E-state index contributed by atoms with van der Waals surface area (Å²) in [6, 6.07) is 0. The molecular formula is C18H36ClNO2. The van der Waals surface area contributed by atoms with Gasteiger partial charge in [-0.25, -0.2) is 0 Å². The van der Waals surface area contributed by atoms with E-state index in [4.69, 9.17) is 4.74 Å². The average molecular weight is 334 g/mol. The average Bonchev–Trinajstić information content (AvgIpc) is 2.53. The van der Waals surface area contributed by atoms with Crippen molar-refractivity contribution in [2.75, 3.05) is 26.2 Å². The van der Waals surface area contributed by atoms with E-state index in [2.05, 4.69) is 32.6 Å². The van der Waals surface area contributed by atoms with E-state index in [1.807, 2.05) is 0 Å². The molecule has 0 aromatic rings. The molecule has 0 radical (unpaired) electrons. The molecule has 0 aliphatic heterocycles. The maximum atomic E-state index is 12.8. The number of carbonyl (C=O) groups excluding carboxylic acids is 1. The van der Waals surface area contributed by atoms with Gasteiger partial charge in [0.25, 0.3) is 0 Å². The summed E-state index contributed by atoms with van der Waals surface area (Å²) in [7, 11) is 0. The SMILES string of the molecule is CCC(CC)C1(C(=O)OCCN(CC)CC)CCCCC1.Cl. The molecule has 0 N–H and O–H groups in total. The lowest BCUT2D eigenvalue weighted by atomic mass is 9.64. The molecule has 0 aromatic heterocycles.